The van der Waals surface area contributed by atoms with Gasteiger partial charge in [-0.3, -0.25) is 0 Å². The van der Waals surface area contributed by atoms with Crippen molar-refractivity contribution in [3.05, 3.63) is 492 Å². The van der Waals surface area contributed by atoms with Crippen molar-refractivity contribution in [3.63, 3.8) is 0 Å². The molecule has 652 valence electrons. The van der Waals surface area contributed by atoms with Crippen LogP contribution in [0.1, 0.15) is 117 Å². The van der Waals surface area contributed by atoms with Crippen LogP contribution >= 0.6 is 0 Å². The van der Waals surface area contributed by atoms with Crippen LogP contribution in [0.25, 0.3) is 220 Å². The molecule has 0 atom stereocenters. The summed E-state index contributed by atoms with van der Waals surface area (Å²) >= 11 is 0. The molecule has 4 aliphatic rings. The van der Waals surface area contributed by atoms with Crippen molar-refractivity contribution in [3.8, 4) is 134 Å². The predicted molar refractivity (Wildman–Crippen MR) is 587 cm³/mol. The molecule has 23 aromatic carbocycles. The summed E-state index contributed by atoms with van der Waals surface area (Å²) in [5.41, 5.74) is 46.4. The molecule has 0 aromatic heterocycles. The van der Waals surface area contributed by atoms with Crippen LogP contribution in [0.2, 0.25) is 0 Å². The Morgan fingerprint density at radius 3 is 0.818 bits per heavy atom. The molecule has 0 saturated heterocycles. The highest BCUT2D eigenvalue weighted by Gasteiger charge is 2.41. The Balaban J connectivity index is 0.000000109. The van der Waals surface area contributed by atoms with Gasteiger partial charge in [0.15, 0.2) is 0 Å². The third kappa shape index (κ3) is 13.0. The average molecular weight is 1750 g/mol. The molecular weight excluding hydrogens is 1650 g/mol. The van der Waals surface area contributed by atoms with E-state index in [9.17, 15) is 0 Å². The Morgan fingerprint density at radius 2 is 0.394 bits per heavy atom. The number of fused-ring (bicyclic) bond motifs is 20. The van der Waals surface area contributed by atoms with Gasteiger partial charge in [-0.15, -0.1) is 0 Å². The first-order valence-electron chi connectivity index (χ1n) is 48.7. The average Bonchev–Trinajstić information content (AvgIpc) is 1.71. The molecule has 0 radical (unpaired) electrons. The van der Waals surface area contributed by atoms with Crippen LogP contribution in [0, 0.1) is 20.8 Å². The van der Waals surface area contributed by atoms with Gasteiger partial charge in [0.1, 0.15) is 0 Å². The molecule has 0 nitrogen and oxygen atoms in total. The lowest BCUT2D eigenvalue weighted by Crippen LogP contribution is -2.14. The fraction of sp³-hybridized carbons (Fsp3) is 0.109. The summed E-state index contributed by atoms with van der Waals surface area (Å²) in [4.78, 5) is 0. The minimum Gasteiger partial charge on any atom is -0.0622 e. The third-order valence-corrected chi connectivity index (χ3v) is 31.5. The molecule has 23 aromatic rings. The number of hydrogen-bond acceptors (Lipinski definition) is 0. The highest BCUT2D eigenvalue weighted by Crippen LogP contribution is 2.59. The van der Waals surface area contributed by atoms with Crippen LogP contribution in [0.4, 0.5) is 0 Å². The van der Waals surface area contributed by atoms with Crippen LogP contribution in [0.3, 0.4) is 0 Å². The molecule has 4 aliphatic carbocycles. The van der Waals surface area contributed by atoms with Gasteiger partial charge in [0.2, 0.25) is 0 Å². The Kier molecular flexibility index (Phi) is 19.2. The maximum Gasteiger partial charge on any atom is 0.0159 e. The van der Waals surface area contributed by atoms with E-state index in [-0.39, 0.29) is 21.7 Å². The molecule has 0 fully saturated rings. The zero-order valence-electron chi connectivity index (χ0n) is 79.5. The fourth-order valence-corrected chi connectivity index (χ4v) is 24.8. The second kappa shape index (κ2) is 31.6. The van der Waals surface area contributed by atoms with Crippen LogP contribution in [0.15, 0.2) is 431 Å². The largest absolute Gasteiger partial charge is 0.0622 e. The number of benzene rings is 23. The van der Waals surface area contributed by atoms with E-state index in [0.717, 1.165) is 0 Å². The number of hydrogen-bond donors (Lipinski definition) is 0. The standard InChI is InChI=1S/2C46H34.C45H36/c1-29-21-24-39-40(27-29)43(32-23-26-36-35-17-11-12-20-41(35)46(2,3)42(36)28-32)37-18-9-10-19-38(37)45(39)44-33-16-8-7-15-31(33)22-25-34(44)30-13-5-4-6-14-30;1-29-21-23-38-40(25-29)44(33-22-24-35-34-17-11-12-20-42(34)46(2,3)43(35)28-33)36-18-9-10-19-37(36)45(38)41-27-32-16-8-7-15-31(32)26-39(41)30-13-5-4-6-14-30;1-27-18-21-35-37(24-27)43(29-19-22-32-30-12-8-10-16-38(30)45(4,5)41(32)26-29)34-15-7-6-14-33(34)42(35)28-20-23-40-36(25-28)31-13-9-11-17-39(31)44(40,2)3/h2*4-28H,1-3H3;6-26H,1-5H3. The van der Waals surface area contributed by atoms with Gasteiger partial charge in [0.05, 0.1) is 0 Å². The van der Waals surface area contributed by atoms with E-state index < -0.39 is 0 Å². The Morgan fingerprint density at radius 1 is 0.124 bits per heavy atom. The summed E-state index contributed by atoms with van der Waals surface area (Å²) < 4.78 is 0. The molecule has 0 spiro atoms. The Hall–Kier alpha value is -15.9. The first-order valence-corrected chi connectivity index (χ1v) is 48.7. The van der Waals surface area contributed by atoms with Crippen LogP contribution in [-0.4, -0.2) is 0 Å². The highest BCUT2D eigenvalue weighted by molar-refractivity contribution is 6.28. The molecule has 0 heterocycles. The Bertz CT molecular complexity index is 8990. The summed E-state index contributed by atoms with van der Waals surface area (Å²) in [5.74, 6) is 0. The van der Waals surface area contributed by atoms with Crippen LogP contribution in [-0.2, 0) is 21.7 Å². The van der Waals surface area contributed by atoms with Crippen LogP contribution in [0.5, 0.6) is 0 Å². The van der Waals surface area contributed by atoms with Gasteiger partial charge in [-0.2, -0.15) is 0 Å². The molecule has 0 saturated carbocycles. The van der Waals surface area contributed by atoms with Crippen molar-refractivity contribution in [2.24, 2.45) is 0 Å². The zero-order valence-corrected chi connectivity index (χ0v) is 79.5. The second-order valence-corrected chi connectivity index (χ2v) is 40.9. The number of rotatable bonds is 8. The second-order valence-electron chi connectivity index (χ2n) is 40.9. The molecule has 0 amide bonds. The van der Waals surface area contributed by atoms with Crippen molar-refractivity contribution < 1.29 is 0 Å². The van der Waals surface area contributed by atoms with Gasteiger partial charge in [-0.25, -0.2) is 0 Å². The lowest BCUT2D eigenvalue weighted by atomic mass is 9.79. The van der Waals surface area contributed by atoms with Gasteiger partial charge in [-0.05, 0) is 321 Å². The fourth-order valence-electron chi connectivity index (χ4n) is 24.8. The van der Waals surface area contributed by atoms with Crippen molar-refractivity contribution in [1.82, 2.24) is 0 Å². The van der Waals surface area contributed by atoms with Crippen molar-refractivity contribution in [2.45, 2.75) is 97.8 Å². The molecule has 0 unspecified atom stereocenters. The quantitative estimate of drug-likeness (QED) is 0.133. The van der Waals surface area contributed by atoms with Gasteiger partial charge in [0, 0.05) is 21.7 Å². The van der Waals surface area contributed by atoms with Gasteiger partial charge in [0.25, 0.3) is 0 Å². The molecular formula is C137H104. The monoisotopic (exact) mass is 1750 g/mol. The van der Waals surface area contributed by atoms with E-state index in [2.05, 4.69) is 507 Å². The van der Waals surface area contributed by atoms with E-state index >= 15 is 0 Å². The number of aryl methyl sites for hydroxylation is 3. The van der Waals surface area contributed by atoms with E-state index in [1.54, 1.807) is 0 Å². The molecule has 0 heteroatoms. The first kappa shape index (κ1) is 83.0. The first-order chi connectivity index (χ1) is 66.7. The van der Waals surface area contributed by atoms with Crippen molar-refractivity contribution >= 4 is 86.2 Å². The third-order valence-electron chi connectivity index (χ3n) is 31.5. The van der Waals surface area contributed by atoms with Crippen molar-refractivity contribution in [1.29, 1.82) is 0 Å². The summed E-state index contributed by atoms with van der Waals surface area (Å²) in [6, 6.07) is 161. The van der Waals surface area contributed by atoms with E-state index in [4.69, 9.17) is 0 Å². The lowest BCUT2D eigenvalue weighted by Gasteiger charge is -2.24. The molecule has 0 N–H and O–H groups in total. The van der Waals surface area contributed by atoms with Crippen molar-refractivity contribution in [2.75, 3.05) is 0 Å². The highest BCUT2D eigenvalue weighted by atomic mass is 14.4. The Labute approximate surface area is 803 Å². The molecule has 27 rings (SSSR count). The topological polar surface area (TPSA) is 0 Å². The van der Waals surface area contributed by atoms with Crippen LogP contribution < -0.4 is 0 Å². The smallest absolute Gasteiger partial charge is 0.0159 e. The van der Waals surface area contributed by atoms with Gasteiger partial charge >= 0.3 is 0 Å². The predicted octanol–water partition coefficient (Wildman–Crippen LogP) is 37.8. The molecule has 0 bridgehead atoms. The SMILES string of the molecule is Cc1ccc2c(-c3c(-c4ccccc4)ccc4ccccc34)c3ccccc3c(-c3ccc4c(c3)C(C)(C)c3ccccc3-4)c2c1.Cc1ccc2c(-c3cc4ccccc4cc3-c3ccccc3)c3ccccc3c(-c3ccc4c(c3)C(C)(C)c3ccccc3-4)c2c1.Cc1ccc2c(-c3ccc4c(c3)-c3ccccc3C4(C)C)c3ccccc3c(-c3ccc4c(c3)C(C)(C)c3ccccc3-4)c2c1. The maximum atomic E-state index is 2.48. The maximum absolute atomic E-state index is 2.48. The summed E-state index contributed by atoms with van der Waals surface area (Å²) in [5, 5.41) is 20.6. The molecule has 137 heavy (non-hydrogen) atoms. The summed E-state index contributed by atoms with van der Waals surface area (Å²) in [7, 11) is 0. The summed E-state index contributed by atoms with van der Waals surface area (Å²) in [6.45, 7) is 25.6. The van der Waals surface area contributed by atoms with E-state index in [0.29, 0.717) is 0 Å². The lowest BCUT2D eigenvalue weighted by molar-refractivity contribution is 0.660. The van der Waals surface area contributed by atoms with Gasteiger partial charge in [-0.1, -0.05) is 466 Å². The molecule has 0 aliphatic heterocycles. The minimum absolute atomic E-state index is 0.00341. The normalized spacial score (nSPS) is 13.9. The summed E-state index contributed by atoms with van der Waals surface area (Å²) in [6.07, 6.45) is 0. The van der Waals surface area contributed by atoms with E-state index in [1.165, 1.54) is 281 Å². The minimum atomic E-state index is -0.0586. The van der Waals surface area contributed by atoms with E-state index in [1.807, 2.05) is 0 Å². The zero-order chi connectivity index (χ0) is 92.6. The van der Waals surface area contributed by atoms with Gasteiger partial charge < -0.3 is 0 Å².